The van der Waals surface area contributed by atoms with Crippen molar-refractivity contribution in [3.05, 3.63) is 35.9 Å². The zero-order chi connectivity index (χ0) is 14.4. The fourth-order valence-corrected chi connectivity index (χ4v) is 2.77. The lowest BCUT2D eigenvalue weighted by molar-refractivity contribution is 0.484. The highest BCUT2D eigenvalue weighted by Crippen LogP contribution is 2.32. The molecule has 1 aromatic carbocycles. The van der Waals surface area contributed by atoms with Crippen LogP contribution in [0.1, 0.15) is 31.6 Å². The summed E-state index contributed by atoms with van der Waals surface area (Å²) >= 11 is 1.69. The molecule has 0 radical (unpaired) electrons. The van der Waals surface area contributed by atoms with E-state index >= 15 is 0 Å². The molecule has 0 aliphatic carbocycles. The van der Waals surface area contributed by atoms with Crippen molar-refractivity contribution in [2.24, 2.45) is 0 Å². The van der Waals surface area contributed by atoms with E-state index < -0.39 is 0 Å². The summed E-state index contributed by atoms with van der Waals surface area (Å²) < 4.78 is 1.86. The number of aromatic nitrogens is 4. The Labute approximate surface area is 124 Å². The zero-order valence-electron chi connectivity index (χ0n) is 12.2. The molecule has 0 saturated heterocycles. The van der Waals surface area contributed by atoms with Gasteiger partial charge in [-0.2, -0.15) is 0 Å². The molecule has 0 saturated carbocycles. The molecule has 6 heteroatoms. The summed E-state index contributed by atoms with van der Waals surface area (Å²) in [5.74, 6) is 0. The Morgan fingerprint density at radius 1 is 1.20 bits per heavy atom. The van der Waals surface area contributed by atoms with Crippen molar-refractivity contribution in [2.45, 2.75) is 43.8 Å². The van der Waals surface area contributed by atoms with Gasteiger partial charge in [-0.05, 0) is 22.9 Å². The normalized spacial score (nSPS) is 12.8. The Bertz CT molecular complexity index is 511. The SMILES string of the molecule is CC(C)NCCn1nnnc1SC(C)c1ccccc1. The number of nitrogens with zero attached hydrogens (tertiary/aromatic N) is 4. The van der Waals surface area contributed by atoms with Gasteiger partial charge < -0.3 is 5.32 Å². The average molecular weight is 291 g/mol. The third-order valence-corrected chi connectivity index (χ3v) is 4.06. The maximum atomic E-state index is 4.12. The largest absolute Gasteiger partial charge is 0.313 e. The van der Waals surface area contributed by atoms with Gasteiger partial charge in [-0.1, -0.05) is 55.9 Å². The fraction of sp³-hybridized carbons (Fsp3) is 0.500. The average Bonchev–Trinajstić information content (AvgIpc) is 2.87. The lowest BCUT2D eigenvalue weighted by atomic mass is 10.2. The summed E-state index contributed by atoms with van der Waals surface area (Å²) in [6, 6.07) is 10.9. The minimum Gasteiger partial charge on any atom is -0.313 e. The number of hydrogen-bond acceptors (Lipinski definition) is 5. The van der Waals surface area contributed by atoms with E-state index in [2.05, 4.69) is 65.9 Å². The Hall–Kier alpha value is -1.40. The number of nitrogens with one attached hydrogen (secondary N) is 1. The molecule has 0 amide bonds. The Morgan fingerprint density at radius 2 is 1.95 bits per heavy atom. The van der Waals surface area contributed by atoms with Crippen molar-refractivity contribution < 1.29 is 0 Å². The van der Waals surface area contributed by atoms with Crippen molar-refractivity contribution in [3.63, 3.8) is 0 Å². The Kier molecular flexibility index (Phi) is 5.55. The van der Waals surface area contributed by atoms with Crippen LogP contribution in [0.2, 0.25) is 0 Å². The lowest BCUT2D eigenvalue weighted by Gasteiger charge is -2.12. The molecule has 2 aromatic rings. The molecule has 1 heterocycles. The van der Waals surface area contributed by atoms with Crippen LogP contribution in [-0.2, 0) is 6.54 Å². The number of tetrazole rings is 1. The van der Waals surface area contributed by atoms with E-state index in [0.717, 1.165) is 18.2 Å². The molecule has 20 heavy (non-hydrogen) atoms. The van der Waals surface area contributed by atoms with E-state index in [9.17, 15) is 0 Å². The molecular formula is C14H21N5S. The molecule has 0 spiro atoms. The van der Waals surface area contributed by atoms with E-state index in [0.29, 0.717) is 11.3 Å². The summed E-state index contributed by atoms with van der Waals surface area (Å²) in [7, 11) is 0. The number of benzene rings is 1. The first-order valence-electron chi connectivity index (χ1n) is 6.88. The van der Waals surface area contributed by atoms with Gasteiger partial charge in [0.05, 0.1) is 6.54 Å². The molecule has 1 atom stereocenters. The summed E-state index contributed by atoms with van der Waals surface area (Å²) in [6.07, 6.45) is 0. The standard InChI is InChI=1S/C14H21N5S/c1-11(2)15-9-10-19-14(16-17-18-19)20-12(3)13-7-5-4-6-8-13/h4-8,11-12,15H,9-10H2,1-3H3. The van der Waals surface area contributed by atoms with Crippen LogP contribution in [0.15, 0.2) is 35.5 Å². The summed E-state index contributed by atoms with van der Waals surface area (Å²) in [5.41, 5.74) is 1.28. The molecule has 1 N–H and O–H groups in total. The van der Waals surface area contributed by atoms with E-state index in [4.69, 9.17) is 0 Å². The van der Waals surface area contributed by atoms with Crippen LogP contribution < -0.4 is 5.32 Å². The zero-order valence-corrected chi connectivity index (χ0v) is 13.0. The van der Waals surface area contributed by atoms with Crippen LogP contribution in [0.25, 0.3) is 0 Å². The third-order valence-electron chi connectivity index (χ3n) is 2.93. The van der Waals surface area contributed by atoms with Gasteiger partial charge in [0.1, 0.15) is 0 Å². The van der Waals surface area contributed by atoms with Crippen molar-refractivity contribution in [2.75, 3.05) is 6.54 Å². The maximum absolute atomic E-state index is 4.12. The van der Waals surface area contributed by atoms with Crippen molar-refractivity contribution >= 4 is 11.8 Å². The first kappa shape index (κ1) is 15.0. The quantitative estimate of drug-likeness (QED) is 0.794. The first-order chi connectivity index (χ1) is 9.66. The third kappa shape index (κ3) is 4.31. The second-order valence-electron chi connectivity index (χ2n) is 4.96. The second-order valence-corrected chi connectivity index (χ2v) is 6.27. The van der Waals surface area contributed by atoms with Gasteiger partial charge in [-0.25, -0.2) is 4.68 Å². The van der Waals surface area contributed by atoms with Crippen molar-refractivity contribution in [3.8, 4) is 0 Å². The van der Waals surface area contributed by atoms with Gasteiger partial charge in [0.2, 0.25) is 5.16 Å². The van der Waals surface area contributed by atoms with Crippen LogP contribution >= 0.6 is 11.8 Å². The molecule has 1 aromatic heterocycles. The molecule has 5 nitrogen and oxygen atoms in total. The number of hydrogen-bond donors (Lipinski definition) is 1. The molecule has 2 rings (SSSR count). The summed E-state index contributed by atoms with van der Waals surface area (Å²) in [4.78, 5) is 0. The van der Waals surface area contributed by atoms with Crippen LogP contribution in [0.5, 0.6) is 0 Å². The van der Waals surface area contributed by atoms with E-state index in [1.165, 1.54) is 5.56 Å². The van der Waals surface area contributed by atoms with E-state index in [1.54, 1.807) is 11.8 Å². The highest BCUT2D eigenvalue weighted by atomic mass is 32.2. The molecule has 0 bridgehead atoms. The van der Waals surface area contributed by atoms with Crippen LogP contribution in [0, 0.1) is 0 Å². The predicted octanol–water partition coefficient (Wildman–Crippen LogP) is 2.52. The van der Waals surface area contributed by atoms with E-state index in [-0.39, 0.29) is 0 Å². The number of rotatable bonds is 7. The fourth-order valence-electron chi connectivity index (χ4n) is 1.83. The lowest BCUT2D eigenvalue weighted by Crippen LogP contribution is -2.27. The molecule has 1 unspecified atom stereocenters. The van der Waals surface area contributed by atoms with Crippen LogP contribution in [0.4, 0.5) is 0 Å². The van der Waals surface area contributed by atoms with Crippen LogP contribution in [-0.4, -0.2) is 32.8 Å². The van der Waals surface area contributed by atoms with Gasteiger partial charge in [0.25, 0.3) is 0 Å². The smallest absolute Gasteiger partial charge is 0.209 e. The summed E-state index contributed by atoms with van der Waals surface area (Å²) in [6.45, 7) is 8.09. The van der Waals surface area contributed by atoms with Crippen LogP contribution in [0.3, 0.4) is 0 Å². The Balaban J connectivity index is 1.94. The van der Waals surface area contributed by atoms with Crippen molar-refractivity contribution in [1.82, 2.24) is 25.5 Å². The van der Waals surface area contributed by atoms with Gasteiger partial charge >= 0.3 is 0 Å². The minimum atomic E-state index is 0.332. The number of thioether (sulfide) groups is 1. The highest BCUT2D eigenvalue weighted by molar-refractivity contribution is 7.99. The molecule has 0 fully saturated rings. The molecule has 108 valence electrons. The predicted molar refractivity (Wildman–Crippen MR) is 81.7 cm³/mol. The van der Waals surface area contributed by atoms with Gasteiger partial charge in [-0.3, -0.25) is 0 Å². The highest BCUT2D eigenvalue weighted by Gasteiger charge is 2.13. The minimum absolute atomic E-state index is 0.332. The van der Waals surface area contributed by atoms with E-state index in [1.807, 2.05) is 10.7 Å². The Morgan fingerprint density at radius 3 is 2.65 bits per heavy atom. The monoisotopic (exact) mass is 291 g/mol. The first-order valence-corrected chi connectivity index (χ1v) is 7.76. The van der Waals surface area contributed by atoms with Crippen molar-refractivity contribution in [1.29, 1.82) is 0 Å². The molecule has 0 aliphatic rings. The second kappa shape index (κ2) is 7.40. The van der Waals surface area contributed by atoms with Gasteiger partial charge in [0.15, 0.2) is 0 Å². The molecular weight excluding hydrogens is 270 g/mol. The maximum Gasteiger partial charge on any atom is 0.209 e. The topological polar surface area (TPSA) is 55.6 Å². The van der Waals surface area contributed by atoms with Gasteiger partial charge in [-0.15, -0.1) is 5.10 Å². The summed E-state index contributed by atoms with van der Waals surface area (Å²) in [5, 5.41) is 16.5. The van der Waals surface area contributed by atoms with Gasteiger partial charge in [0, 0.05) is 17.8 Å². The molecule has 0 aliphatic heterocycles.